The fraction of sp³-hybridized carbons (Fsp3) is 0.500. The average molecular weight is 698 g/mol. The highest BCUT2D eigenvalue weighted by atomic mass is 16.5. The van der Waals surface area contributed by atoms with Crippen molar-refractivity contribution >= 4 is 29.6 Å². The van der Waals surface area contributed by atoms with Crippen LogP contribution in [0.2, 0.25) is 0 Å². The van der Waals surface area contributed by atoms with Crippen molar-refractivity contribution in [3.05, 3.63) is 66.2 Å². The lowest BCUT2D eigenvalue weighted by Gasteiger charge is -2.29. The minimum absolute atomic E-state index is 0.188. The predicted molar refractivity (Wildman–Crippen MR) is 186 cm³/mol. The summed E-state index contributed by atoms with van der Waals surface area (Å²) in [6.45, 7) is 2.15. The highest BCUT2D eigenvalue weighted by molar-refractivity contribution is 5.94. The number of nitrogens with one attached hydrogen (secondary N) is 1. The first-order valence-corrected chi connectivity index (χ1v) is 17.2. The number of ketones is 1. The Bertz CT molecular complexity index is 1400. The van der Waals surface area contributed by atoms with Gasteiger partial charge >= 0.3 is 17.9 Å². The number of carbonyl (C=O) groups is 5. The number of rotatable bonds is 26. The van der Waals surface area contributed by atoms with Crippen LogP contribution in [0.25, 0.3) is 0 Å². The van der Waals surface area contributed by atoms with Gasteiger partial charge in [-0.1, -0.05) is 69.7 Å². The smallest absolute Gasteiger partial charge is 0.337 e. The molecule has 0 radical (unpaired) electrons. The average Bonchev–Trinajstić information content (AvgIpc) is 3.07. The molecule has 0 aliphatic rings. The summed E-state index contributed by atoms with van der Waals surface area (Å²) in [5.74, 6) is -6.08. The molecular weight excluding hydrogens is 646 g/mol. The van der Waals surface area contributed by atoms with Crippen LogP contribution in [0.15, 0.2) is 60.7 Å². The molecule has 274 valence electrons. The van der Waals surface area contributed by atoms with Gasteiger partial charge in [-0.25, -0.2) is 9.59 Å². The van der Waals surface area contributed by atoms with Gasteiger partial charge in [0.05, 0.1) is 19.4 Å². The van der Waals surface area contributed by atoms with E-state index in [9.17, 15) is 44.4 Å². The quantitative estimate of drug-likeness (QED) is 0.0544. The number of carboxylic acid groups (broad SMARTS) is 3. The van der Waals surface area contributed by atoms with Gasteiger partial charge in [0.1, 0.15) is 29.1 Å². The van der Waals surface area contributed by atoms with Crippen molar-refractivity contribution in [1.82, 2.24) is 5.32 Å². The van der Waals surface area contributed by atoms with E-state index in [1.54, 1.807) is 55.6 Å². The molecule has 0 fully saturated rings. The number of benzene rings is 2. The molecule has 5 N–H and O–H groups in total. The number of amides is 1. The van der Waals surface area contributed by atoms with Crippen molar-refractivity contribution in [2.24, 2.45) is 5.92 Å². The number of hydrogen-bond donors (Lipinski definition) is 5. The molecule has 0 bridgehead atoms. The first kappa shape index (κ1) is 41.5. The fourth-order valence-electron chi connectivity index (χ4n) is 5.40. The second-order valence-corrected chi connectivity index (χ2v) is 12.4. The van der Waals surface area contributed by atoms with Crippen LogP contribution in [0.1, 0.15) is 96.0 Å². The normalized spacial score (nSPS) is 13.6. The SMILES string of the molecule is CCCCCCCC(=O)CCCCCCC=C[C@H](C(=O)N[C@@H](Cc1ccc(Oc2ccc(OC)cc2)cc1)C(=O)O)[C@@](O)(CC(=O)O)C(=O)O. The molecular formula is C38H51NO11. The number of unbranched alkanes of at least 4 members (excludes halogenated alkanes) is 8. The lowest BCUT2D eigenvalue weighted by Crippen LogP contribution is -2.55. The van der Waals surface area contributed by atoms with Crippen LogP contribution in [0.5, 0.6) is 17.2 Å². The molecule has 12 heteroatoms. The van der Waals surface area contributed by atoms with E-state index in [2.05, 4.69) is 12.2 Å². The summed E-state index contributed by atoms with van der Waals surface area (Å²) in [5.41, 5.74) is -2.52. The maximum atomic E-state index is 13.4. The van der Waals surface area contributed by atoms with Crippen molar-refractivity contribution in [3.63, 3.8) is 0 Å². The molecule has 0 saturated heterocycles. The van der Waals surface area contributed by atoms with E-state index in [4.69, 9.17) is 9.47 Å². The number of Topliss-reactive ketones (excluding diaryl/α,β-unsaturated/α-hetero) is 1. The van der Waals surface area contributed by atoms with Gasteiger partial charge in [0, 0.05) is 19.3 Å². The summed E-state index contributed by atoms with van der Waals surface area (Å²) < 4.78 is 10.9. The number of hydrogen-bond acceptors (Lipinski definition) is 8. The van der Waals surface area contributed by atoms with Crippen LogP contribution in [0, 0.1) is 5.92 Å². The molecule has 3 atom stereocenters. The molecule has 0 heterocycles. The largest absolute Gasteiger partial charge is 0.497 e. The molecule has 2 aromatic rings. The number of aliphatic hydroxyl groups is 1. The van der Waals surface area contributed by atoms with Gasteiger partial charge in [-0.2, -0.15) is 0 Å². The molecule has 0 aliphatic heterocycles. The minimum atomic E-state index is -3.03. The minimum Gasteiger partial charge on any atom is -0.497 e. The Morgan fingerprint density at radius 1 is 0.780 bits per heavy atom. The molecule has 50 heavy (non-hydrogen) atoms. The van der Waals surface area contributed by atoms with E-state index in [-0.39, 0.29) is 12.2 Å². The van der Waals surface area contributed by atoms with Crippen LogP contribution in [-0.4, -0.2) is 68.8 Å². The van der Waals surface area contributed by atoms with Crippen molar-refractivity contribution in [1.29, 1.82) is 0 Å². The van der Waals surface area contributed by atoms with Crippen molar-refractivity contribution in [2.75, 3.05) is 7.11 Å². The lowest BCUT2D eigenvalue weighted by atomic mass is 9.82. The number of carbonyl (C=O) groups excluding carboxylic acids is 2. The maximum absolute atomic E-state index is 13.4. The monoisotopic (exact) mass is 697 g/mol. The molecule has 0 aromatic heterocycles. The Kier molecular flexibility index (Phi) is 18.3. The van der Waals surface area contributed by atoms with Gasteiger partial charge in [-0.3, -0.25) is 14.4 Å². The zero-order chi connectivity index (χ0) is 36.9. The first-order chi connectivity index (χ1) is 23.9. The predicted octanol–water partition coefficient (Wildman–Crippen LogP) is 6.33. The molecule has 0 unspecified atom stereocenters. The van der Waals surface area contributed by atoms with Crippen LogP contribution in [-0.2, 0) is 30.4 Å². The van der Waals surface area contributed by atoms with E-state index in [0.29, 0.717) is 48.5 Å². The van der Waals surface area contributed by atoms with Crippen molar-refractivity contribution in [3.8, 4) is 17.2 Å². The summed E-state index contributed by atoms with van der Waals surface area (Å²) in [4.78, 5) is 61.2. The van der Waals surface area contributed by atoms with E-state index in [1.807, 2.05) is 0 Å². The second kappa shape index (κ2) is 22.1. The van der Waals surface area contributed by atoms with Crippen molar-refractivity contribution in [2.45, 2.75) is 108 Å². The Morgan fingerprint density at radius 3 is 1.84 bits per heavy atom. The van der Waals surface area contributed by atoms with Crippen LogP contribution in [0.3, 0.4) is 0 Å². The topological polar surface area (TPSA) is 197 Å². The van der Waals surface area contributed by atoms with E-state index in [0.717, 1.165) is 51.0 Å². The highest BCUT2D eigenvalue weighted by Crippen LogP contribution is 2.27. The third kappa shape index (κ3) is 14.8. The molecule has 0 spiro atoms. The molecule has 1 amide bonds. The molecule has 2 aromatic carbocycles. The van der Waals surface area contributed by atoms with E-state index < -0.39 is 47.8 Å². The number of ether oxygens (including phenoxy) is 2. The van der Waals surface area contributed by atoms with Crippen LogP contribution >= 0.6 is 0 Å². The third-order valence-electron chi connectivity index (χ3n) is 8.33. The third-order valence-corrected chi connectivity index (χ3v) is 8.33. The van der Waals surface area contributed by atoms with Gasteiger partial charge in [0.2, 0.25) is 5.91 Å². The summed E-state index contributed by atoms with van der Waals surface area (Å²) in [7, 11) is 1.55. The second-order valence-electron chi connectivity index (χ2n) is 12.4. The molecule has 2 rings (SSSR count). The highest BCUT2D eigenvalue weighted by Gasteiger charge is 2.49. The van der Waals surface area contributed by atoms with Crippen LogP contribution in [0.4, 0.5) is 0 Å². The van der Waals surface area contributed by atoms with E-state index in [1.165, 1.54) is 12.5 Å². The summed E-state index contributed by atoms with van der Waals surface area (Å²) in [5, 5.41) is 42.2. The standard InChI is InChI=1S/C38H51NO11/c1-3-4-5-8-11-14-28(40)15-12-9-6-7-10-13-16-32(38(48,37(46)47)26-34(41)42)35(43)39-33(36(44)45)25-27-17-19-30(20-18-27)50-31-23-21-29(49-2)22-24-31/h13,16-24,32-33,48H,3-12,14-15,25-26H2,1-2H3,(H,39,43)(H,41,42)(H,44,45)(H,46,47)/t32-,33+,38+/m1/s1. The molecule has 12 nitrogen and oxygen atoms in total. The zero-order valence-electron chi connectivity index (χ0n) is 29.0. The summed E-state index contributed by atoms with van der Waals surface area (Å²) in [6.07, 6.45) is 11.1. The number of carboxylic acids is 3. The van der Waals surface area contributed by atoms with Gasteiger partial charge in [0.25, 0.3) is 0 Å². The summed E-state index contributed by atoms with van der Waals surface area (Å²) >= 11 is 0. The van der Waals surface area contributed by atoms with Gasteiger partial charge in [-0.05, 0) is 67.6 Å². The Hall–Kier alpha value is -4.71. The zero-order valence-corrected chi connectivity index (χ0v) is 29.0. The Balaban J connectivity index is 2.01. The Labute approximate surface area is 293 Å². The van der Waals surface area contributed by atoms with Crippen LogP contribution < -0.4 is 14.8 Å². The first-order valence-electron chi connectivity index (χ1n) is 17.2. The Morgan fingerprint density at radius 2 is 1.32 bits per heavy atom. The fourth-order valence-corrected chi connectivity index (χ4v) is 5.40. The van der Waals surface area contributed by atoms with E-state index >= 15 is 0 Å². The van der Waals surface area contributed by atoms with Gasteiger partial charge in [-0.15, -0.1) is 0 Å². The van der Waals surface area contributed by atoms with Gasteiger partial charge < -0.3 is 35.2 Å². The molecule has 0 saturated carbocycles. The van der Waals surface area contributed by atoms with Crippen molar-refractivity contribution < 1.29 is 53.9 Å². The lowest BCUT2D eigenvalue weighted by molar-refractivity contribution is -0.172. The number of allylic oxidation sites excluding steroid dienone is 1. The summed E-state index contributed by atoms with van der Waals surface area (Å²) in [6, 6.07) is 11.9. The maximum Gasteiger partial charge on any atom is 0.337 e. The number of methoxy groups -OCH3 is 1. The number of aliphatic carboxylic acids is 3. The molecule has 0 aliphatic carbocycles. The van der Waals surface area contributed by atoms with Gasteiger partial charge in [0.15, 0.2) is 5.60 Å².